The van der Waals surface area contributed by atoms with Crippen molar-refractivity contribution in [2.45, 2.75) is 6.54 Å². The average molecular weight is 332 g/mol. The summed E-state index contributed by atoms with van der Waals surface area (Å²) in [5, 5.41) is 4.74. The van der Waals surface area contributed by atoms with E-state index >= 15 is 0 Å². The van der Waals surface area contributed by atoms with Gasteiger partial charge in [0.05, 0.1) is 6.54 Å². The number of nitrogens with zero attached hydrogens (tertiary/aromatic N) is 1. The second-order valence-electron chi connectivity index (χ2n) is 5.95. The third-order valence-electron chi connectivity index (χ3n) is 4.08. The van der Waals surface area contributed by atoms with Crippen molar-refractivity contribution in [2.75, 3.05) is 13.6 Å². The first-order chi connectivity index (χ1) is 12.1. The van der Waals surface area contributed by atoms with Crippen molar-refractivity contribution < 1.29 is 9.59 Å². The first-order valence-electron chi connectivity index (χ1n) is 8.19. The van der Waals surface area contributed by atoms with E-state index in [1.807, 2.05) is 66.7 Å². The van der Waals surface area contributed by atoms with Crippen LogP contribution in [0, 0.1) is 0 Å². The Morgan fingerprint density at radius 3 is 2.36 bits per heavy atom. The number of nitrogens with one attached hydrogen (secondary N) is 1. The van der Waals surface area contributed by atoms with Gasteiger partial charge in [-0.2, -0.15) is 0 Å². The maximum atomic E-state index is 12.7. The van der Waals surface area contributed by atoms with Crippen LogP contribution in [0.2, 0.25) is 0 Å². The number of amides is 2. The van der Waals surface area contributed by atoms with Gasteiger partial charge in [-0.3, -0.25) is 9.59 Å². The van der Waals surface area contributed by atoms with E-state index in [9.17, 15) is 9.59 Å². The van der Waals surface area contributed by atoms with E-state index in [1.165, 1.54) is 4.90 Å². The van der Waals surface area contributed by atoms with Crippen LogP contribution in [0.5, 0.6) is 0 Å². The van der Waals surface area contributed by atoms with Gasteiger partial charge in [-0.25, -0.2) is 0 Å². The van der Waals surface area contributed by atoms with Gasteiger partial charge in [-0.1, -0.05) is 66.7 Å². The maximum Gasteiger partial charge on any atom is 0.254 e. The Balaban J connectivity index is 1.65. The second-order valence-corrected chi connectivity index (χ2v) is 5.95. The number of carbonyl (C=O) groups excluding carboxylic acids is 2. The summed E-state index contributed by atoms with van der Waals surface area (Å²) < 4.78 is 0. The summed E-state index contributed by atoms with van der Waals surface area (Å²) in [6.07, 6.45) is 0. The van der Waals surface area contributed by atoms with Gasteiger partial charge >= 0.3 is 0 Å². The predicted molar refractivity (Wildman–Crippen MR) is 99.2 cm³/mol. The third-order valence-corrected chi connectivity index (χ3v) is 4.08. The Morgan fingerprint density at radius 2 is 1.56 bits per heavy atom. The van der Waals surface area contributed by atoms with Gasteiger partial charge in [0.2, 0.25) is 5.91 Å². The molecule has 0 fully saturated rings. The number of hydrogen-bond donors (Lipinski definition) is 1. The third kappa shape index (κ3) is 4.04. The highest BCUT2D eigenvalue weighted by Gasteiger charge is 2.16. The fraction of sp³-hybridized carbons (Fsp3) is 0.143. The molecule has 0 atom stereocenters. The van der Waals surface area contributed by atoms with Crippen molar-refractivity contribution in [3.63, 3.8) is 0 Å². The summed E-state index contributed by atoms with van der Waals surface area (Å²) in [5.74, 6) is -0.341. The molecule has 0 aliphatic heterocycles. The van der Waals surface area contributed by atoms with Gasteiger partial charge < -0.3 is 10.2 Å². The normalized spacial score (nSPS) is 10.4. The Kier molecular flexibility index (Phi) is 5.09. The Bertz CT molecular complexity index is 885. The van der Waals surface area contributed by atoms with Gasteiger partial charge in [0.1, 0.15) is 0 Å². The van der Waals surface area contributed by atoms with E-state index in [-0.39, 0.29) is 18.4 Å². The van der Waals surface area contributed by atoms with Gasteiger partial charge in [0, 0.05) is 19.2 Å². The topological polar surface area (TPSA) is 49.4 Å². The first kappa shape index (κ1) is 16.7. The van der Waals surface area contributed by atoms with Crippen LogP contribution in [0.1, 0.15) is 15.9 Å². The van der Waals surface area contributed by atoms with Crippen LogP contribution in [0.4, 0.5) is 0 Å². The predicted octanol–water partition coefficient (Wildman–Crippen LogP) is 3.23. The molecule has 0 bridgehead atoms. The zero-order chi connectivity index (χ0) is 17.6. The summed E-state index contributed by atoms with van der Waals surface area (Å²) in [6.45, 7) is 0.477. The fourth-order valence-electron chi connectivity index (χ4n) is 2.76. The lowest BCUT2D eigenvalue weighted by molar-refractivity contribution is -0.121. The standard InChI is InChI=1S/C21H20N2O2/c1-23(15-20(24)22-14-16-8-3-2-4-9-16)21(25)19-13-7-11-17-10-5-6-12-18(17)19/h2-13H,14-15H2,1H3,(H,22,24). The summed E-state index contributed by atoms with van der Waals surface area (Å²) in [6, 6.07) is 23.1. The van der Waals surface area contributed by atoms with Crippen LogP contribution in [-0.4, -0.2) is 30.3 Å². The Morgan fingerprint density at radius 1 is 0.880 bits per heavy atom. The summed E-state index contributed by atoms with van der Waals surface area (Å²) in [4.78, 5) is 26.3. The molecule has 25 heavy (non-hydrogen) atoms. The van der Waals surface area contributed by atoms with Crippen LogP contribution < -0.4 is 5.32 Å². The molecule has 0 aromatic heterocycles. The number of benzene rings is 3. The van der Waals surface area contributed by atoms with E-state index in [1.54, 1.807) is 13.1 Å². The minimum atomic E-state index is -0.181. The van der Waals surface area contributed by atoms with Crippen molar-refractivity contribution in [3.05, 3.63) is 83.9 Å². The molecule has 0 saturated heterocycles. The Hall–Kier alpha value is -3.14. The molecule has 3 aromatic rings. The van der Waals surface area contributed by atoms with Crippen LogP contribution >= 0.6 is 0 Å². The molecule has 0 radical (unpaired) electrons. The smallest absolute Gasteiger partial charge is 0.254 e. The summed E-state index contributed by atoms with van der Waals surface area (Å²) in [5.41, 5.74) is 1.63. The quantitative estimate of drug-likeness (QED) is 0.780. The average Bonchev–Trinajstić information content (AvgIpc) is 2.66. The zero-order valence-electron chi connectivity index (χ0n) is 14.1. The molecule has 0 aliphatic rings. The van der Waals surface area contributed by atoms with Crippen molar-refractivity contribution >= 4 is 22.6 Å². The van der Waals surface area contributed by atoms with Crippen LogP contribution in [-0.2, 0) is 11.3 Å². The van der Waals surface area contributed by atoms with Gasteiger partial charge in [0.15, 0.2) is 0 Å². The molecule has 0 heterocycles. The van der Waals surface area contributed by atoms with Crippen molar-refractivity contribution in [1.82, 2.24) is 10.2 Å². The van der Waals surface area contributed by atoms with Crippen molar-refractivity contribution in [2.24, 2.45) is 0 Å². The molecule has 4 nitrogen and oxygen atoms in total. The fourth-order valence-corrected chi connectivity index (χ4v) is 2.76. The second kappa shape index (κ2) is 7.62. The van der Waals surface area contributed by atoms with E-state index in [2.05, 4.69) is 5.32 Å². The minimum absolute atomic E-state index is 0.0227. The highest BCUT2D eigenvalue weighted by Crippen LogP contribution is 2.19. The molecule has 4 heteroatoms. The van der Waals surface area contributed by atoms with E-state index < -0.39 is 0 Å². The monoisotopic (exact) mass is 332 g/mol. The highest BCUT2D eigenvalue weighted by molar-refractivity contribution is 6.07. The minimum Gasteiger partial charge on any atom is -0.350 e. The van der Waals surface area contributed by atoms with Crippen molar-refractivity contribution in [1.29, 1.82) is 0 Å². The molecule has 3 aromatic carbocycles. The molecule has 0 saturated carbocycles. The van der Waals surface area contributed by atoms with Gasteiger partial charge in [-0.15, -0.1) is 0 Å². The number of likely N-dealkylation sites (N-methyl/N-ethyl adjacent to an activating group) is 1. The van der Waals surface area contributed by atoms with Crippen LogP contribution in [0.3, 0.4) is 0 Å². The molecule has 0 spiro atoms. The molecule has 1 N–H and O–H groups in total. The molecule has 2 amide bonds. The molecule has 0 unspecified atom stereocenters. The lowest BCUT2D eigenvalue weighted by Crippen LogP contribution is -2.38. The molecular formula is C21H20N2O2. The van der Waals surface area contributed by atoms with Crippen molar-refractivity contribution in [3.8, 4) is 0 Å². The van der Waals surface area contributed by atoms with Crippen LogP contribution in [0.15, 0.2) is 72.8 Å². The summed E-state index contributed by atoms with van der Waals surface area (Å²) in [7, 11) is 1.65. The van der Waals surface area contributed by atoms with Gasteiger partial charge in [-0.05, 0) is 22.4 Å². The molecule has 3 rings (SSSR count). The number of carbonyl (C=O) groups is 2. The largest absolute Gasteiger partial charge is 0.350 e. The van der Waals surface area contributed by atoms with E-state index in [0.29, 0.717) is 12.1 Å². The van der Waals surface area contributed by atoms with Gasteiger partial charge in [0.25, 0.3) is 5.91 Å². The number of fused-ring (bicyclic) bond motifs is 1. The first-order valence-corrected chi connectivity index (χ1v) is 8.19. The zero-order valence-corrected chi connectivity index (χ0v) is 14.1. The Labute approximate surface area is 147 Å². The summed E-state index contributed by atoms with van der Waals surface area (Å²) >= 11 is 0. The van der Waals surface area contributed by atoms with E-state index in [0.717, 1.165) is 16.3 Å². The molecule has 0 aliphatic carbocycles. The molecular weight excluding hydrogens is 312 g/mol. The lowest BCUT2D eigenvalue weighted by Gasteiger charge is -2.18. The molecule has 126 valence electrons. The van der Waals surface area contributed by atoms with Crippen LogP contribution in [0.25, 0.3) is 10.8 Å². The highest BCUT2D eigenvalue weighted by atomic mass is 16.2. The van der Waals surface area contributed by atoms with E-state index in [4.69, 9.17) is 0 Å². The number of rotatable bonds is 5. The SMILES string of the molecule is CN(CC(=O)NCc1ccccc1)C(=O)c1cccc2ccccc12. The lowest BCUT2D eigenvalue weighted by atomic mass is 10.0. The maximum absolute atomic E-state index is 12.7. The number of hydrogen-bond acceptors (Lipinski definition) is 2.